The molecule has 1 aromatic heterocycles. The van der Waals surface area contributed by atoms with Crippen molar-refractivity contribution in [2.75, 3.05) is 0 Å². The van der Waals surface area contributed by atoms with Crippen molar-refractivity contribution in [1.82, 2.24) is 20.2 Å². The van der Waals surface area contributed by atoms with Crippen LogP contribution in [0.15, 0.2) is 17.3 Å². The number of hydrogen-bond donors (Lipinski definition) is 0. The second-order valence-electron chi connectivity index (χ2n) is 6.01. The molecule has 0 N–H and O–H groups in total. The van der Waals surface area contributed by atoms with Gasteiger partial charge in [-0.05, 0) is 60.7 Å². The molecule has 0 unspecified atom stereocenters. The smallest absolute Gasteiger partial charge is 0.209 e. The second kappa shape index (κ2) is 6.18. The lowest BCUT2D eigenvalue weighted by Gasteiger charge is -2.13. The summed E-state index contributed by atoms with van der Waals surface area (Å²) in [7, 11) is 0. The molecule has 112 valence electrons. The van der Waals surface area contributed by atoms with Crippen LogP contribution in [-0.4, -0.2) is 20.2 Å². The monoisotopic (exact) mass is 302 g/mol. The van der Waals surface area contributed by atoms with Gasteiger partial charge in [-0.25, -0.2) is 4.68 Å². The number of nitrogens with zero attached hydrogens (tertiary/aromatic N) is 4. The largest absolute Gasteiger partial charge is 0.217 e. The number of tetrazole rings is 1. The van der Waals surface area contributed by atoms with E-state index in [-0.39, 0.29) is 0 Å². The second-order valence-corrected chi connectivity index (χ2v) is 6.95. The molecule has 1 heterocycles. The Labute approximate surface area is 130 Å². The lowest BCUT2D eigenvalue weighted by molar-refractivity contribution is 0.423. The standard InChI is InChI=1S/C16H22N4S/c1-11-8-12(2)15(13(3)9-11)10-21-16-17-18-19-20(16)14-6-4-5-7-14/h8-9,14H,4-7,10H2,1-3H3. The highest BCUT2D eigenvalue weighted by atomic mass is 32.2. The van der Waals surface area contributed by atoms with Gasteiger partial charge < -0.3 is 0 Å². The maximum Gasteiger partial charge on any atom is 0.209 e. The van der Waals surface area contributed by atoms with Crippen molar-refractivity contribution in [3.63, 3.8) is 0 Å². The van der Waals surface area contributed by atoms with Crippen LogP contribution in [-0.2, 0) is 5.75 Å². The third-order valence-electron chi connectivity index (χ3n) is 4.32. The SMILES string of the molecule is Cc1cc(C)c(CSc2nnnn2C2CCCC2)c(C)c1. The molecular weight excluding hydrogens is 280 g/mol. The van der Waals surface area contributed by atoms with Crippen molar-refractivity contribution in [3.05, 3.63) is 34.4 Å². The first-order valence-electron chi connectivity index (χ1n) is 7.62. The minimum absolute atomic E-state index is 0.503. The van der Waals surface area contributed by atoms with Gasteiger partial charge in [-0.15, -0.1) is 5.10 Å². The van der Waals surface area contributed by atoms with Gasteiger partial charge in [0.1, 0.15) is 0 Å². The predicted molar refractivity (Wildman–Crippen MR) is 85.5 cm³/mol. The highest BCUT2D eigenvalue weighted by Gasteiger charge is 2.21. The Kier molecular flexibility index (Phi) is 4.29. The molecule has 0 atom stereocenters. The number of aryl methyl sites for hydroxylation is 3. The van der Waals surface area contributed by atoms with Gasteiger partial charge in [-0.1, -0.05) is 42.3 Å². The Bertz CT molecular complexity index is 606. The molecule has 0 saturated heterocycles. The Morgan fingerprint density at radius 1 is 1.14 bits per heavy atom. The van der Waals surface area contributed by atoms with Gasteiger partial charge in [0.2, 0.25) is 5.16 Å². The molecule has 0 radical (unpaired) electrons. The molecule has 1 aromatic carbocycles. The summed E-state index contributed by atoms with van der Waals surface area (Å²) in [4.78, 5) is 0. The van der Waals surface area contributed by atoms with E-state index in [2.05, 4.69) is 48.4 Å². The molecule has 1 fully saturated rings. The first-order chi connectivity index (χ1) is 10.1. The molecule has 0 aliphatic heterocycles. The molecule has 2 aromatic rings. The predicted octanol–water partition coefficient (Wildman–Crippen LogP) is 4.01. The van der Waals surface area contributed by atoms with Crippen LogP contribution in [0.1, 0.15) is 54.0 Å². The fourth-order valence-electron chi connectivity index (χ4n) is 3.23. The summed E-state index contributed by atoms with van der Waals surface area (Å²) in [5, 5.41) is 13.3. The Balaban J connectivity index is 1.75. The van der Waals surface area contributed by atoms with Crippen molar-refractivity contribution < 1.29 is 0 Å². The van der Waals surface area contributed by atoms with Gasteiger partial charge in [-0.3, -0.25) is 0 Å². The van der Waals surface area contributed by atoms with E-state index in [1.54, 1.807) is 11.8 Å². The molecule has 1 saturated carbocycles. The van der Waals surface area contributed by atoms with E-state index in [4.69, 9.17) is 0 Å². The zero-order valence-electron chi connectivity index (χ0n) is 13.0. The fraction of sp³-hybridized carbons (Fsp3) is 0.562. The number of hydrogen-bond acceptors (Lipinski definition) is 4. The third kappa shape index (κ3) is 3.12. The minimum Gasteiger partial charge on any atom is -0.217 e. The van der Waals surface area contributed by atoms with Gasteiger partial charge in [0.05, 0.1) is 6.04 Å². The van der Waals surface area contributed by atoms with E-state index in [1.807, 2.05) is 4.68 Å². The molecular formula is C16H22N4S. The number of benzene rings is 1. The lowest BCUT2D eigenvalue weighted by atomic mass is 10.0. The maximum absolute atomic E-state index is 4.22. The molecule has 0 spiro atoms. The molecule has 1 aliphatic rings. The summed E-state index contributed by atoms with van der Waals surface area (Å²) in [5.41, 5.74) is 5.46. The Morgan fingerprint density at radius 2 is 1.81 bits per heavy atom. The van der Waals surface area contributed by atoms with Crippen LogP contribution in [0.25, 0.3) is 0 Å². The third-order valence-corrected chi connectivity index (χ3v) is 5.28. The van der Waals surface area contributed by atoms with Crippen LogP contribution in [0, 0.1) is 20.8 Å². The first-order valence-corrected chi connectivity index (χ1v) is 8.61. The minimum atomic E-state index is 0.503. The van der Waals surface area contributed by atoms with Crippen molar-refractivity contribution in [3.8, 4) is 0 Å². The van der Waals surface area contributed by atoms with Gasteiger partial charge in [0, 0.05) is 5.75 Å². The van der Waals surface area contributed by atoms with E-state index in [1.165, 1.54) is 47.9 Å². The topological polar surface area (TPSA) is 43.6 Å². The van der Waals surface area contributed by atoms with E-state index in [0.717, 1.165) is 10.9 Å². The van der Waals surface area contributed by atoms with E-state index < -0.39 is 0 Å². The average Bonchev–Trinajstić information content (AvgIpc) is 3.07. The molecule has 0 bridgehead atoms. The van der Waals surface area contributed by atoms with Crippen LogP contribution in [0.5, 0.6) is 0 Å². The molecule has 1 aliphatic carbocycles. The number of aromatic nitrogens is 4. The zero-order valence-corrected chi connectivity index (χ0v) is 13.8. The molecule has 4 nitrogen and oxygen atoms in total. The quantitative estimate of drug-likeness (QED) is 0.801. The Hall–Kier alpha value is -1.36. The molecule has 0 amide bonds. The summed E-state index contributed by atoms with van der Waals surface area (Å²) < 4.78 is 2.04. The summed E-state index contributed by atoms with van der Waals surface area (Å²) >= 11 is 1.75. The maximum atomic E-state index is 4.22. The van der Waals surface area contributed by atoms with Gasteiger partial charge >= 0.3 is 0 Å². The summed E-state index contributed by atoms with van der Waals surface area (Å²) in [5.74, 6) is 0.936. The van der Waals surface area contributed by atoms with Crippen molar-refractivity contribution >= 4 is 11.8 Å². The normalized spacial score (nSPS) is 15.8. The lowest BCUT2D eigenvalue weighted by Crippen LogP contribution is -2.08. The van der Waals surface area contributed by atoms with Crippen LogP contribution in [0.2, 0.25) is 0 Å². The molecule has 21 heavy (non-hydrogen) atoms. The summed E-state index contributed by atoms with van der Waals surface area (Å²) in [6, 6.07) is 5.01. The fourth-order valence-corrected chi connectivity index (χ4v) is 4.37. The van der Waals surface area contributed by atoms with Crippen LogP contribution in [0.4, 0.5) is 0 Å². The van der Waals surface area contributed by atoms with E-state index in [0.29, 0.717) is 6.04 Å². The first kappa shape index (κ1) is 14.6. The Morgan fingerprint density at radius 3 is 2.48 bits per heavy atom. The zero-order chi connectivity index (χ0) is 14.8. The van der Waals surface area contributed by atoms with E-state index in [9.17, 15) is 0 Å². The van der Waals surface area contributed by atoms with Crippen molar-refractivity contribution in [2.45, 2.75) is 63.4 Å². The van der Waals surface area contributed by atoms with Crippen LogP contribution < -0.4 is 0 Å². The summed E-state index contributed by atoms with van der Waals surface area (Å²) in [6.45, 7) is 6.53. The van der Waals surface area contributed by atoms with E-state index >= 15 is 0 Å². The van der Waals surface area contributed by atoms with Gasteiger partial charge in [-0.2, -0.15) is 0 Å². The highest BCUT2D eigenvalue weighted by molar-refractivity contribution is 7.98. The van der Waals surface area contributed by atoms with Crippen molar-refractivity contribution in [2.24, 2.45) is 0 Å². The van der Waals surface area contributed by atoms with Crippen LogP contribution in [0.3, 0.4) is 0 Å². The molecule has 3 rings (SSSR count). The number of thioether (sulfide) groups is 1. The highest BCUT2D eigenvalue weighted by Crippen LogP contribution is 2.33. The summed E-state index contributed by atoms with van der Waals surface area (Å²) in [6.07, 6.45) is 5.01. The van der Waals surface area contributed by atoms with Gasteiger partial charge in [0.15, 0.2) is 0 Å². The molecule has 5 heteroatoms. The number of rotatable bonds is 4. The average molecular weight is 302 g/mol. The van der Waals surface area contributed by atoms with Crippen molar-refractivity contribution in [1.29, 1.82) is 0 Å². The van der Waals surface area contributed by atoms with Crippen LogP contribution >= 0.6 is 11.8 Å². The van der Waals surface area contributed by atoms with Gasteiger partial charge in [0.25, 0.3) is 0 Å².